The van der Waals surface area contributed by atoms with Gasteiger partial charge in [-0.2, -0.15) is 5.10 Å². The van der Waals surface area contributed by atoms with Crippen molar-refractivity contribution in [1.29, 1.82) is 0 Å². The number of carbonyl (C=O) groups is 1. The minimum absolute atomic E-state index is 0.153. The number of para-hydroxylation sites is 1. The lowest BCUT2D eigenvalue weighted by Crippen LogP contribution is -2.30. The Balaban J connectivity index is 1.54. The number of nitrogens with zero attached hydrogens (tertiary/aromatic N) is 4. The van der Waals surface area contributed by atoms with Gasteiger partial charge in [-0.15, -0.1) is 0 Å². The summed E-state index contributed by atoms with van der Waals surface area (Å²) in [5.41, 5.74) is 1.41. The van der Waals surface area contributed by atoms with Gasteiger partial charge in [0.15, 0.2) is 5.69 Å². The van der Waals surface area contributed by atoms with Crippen LogP contribution in [0.4, 0.5) is 11.5 Å². The second-order valence-corrected chi connectivity index (χ2v) is 7.15. The summed E-state index contributed by atoms with van der Waals surface area (Å²) in [7, 11) is 0. The molecule has 1 saturated heterocycles. The molecule has 1 fully saturated rings. The highest BCUT2D eigenvalue weighted by Crippen LogP contribution is 2.19. The van der Waals surface area contributed by atoms with Gasteiger partial charge in [-0.1, -0.05) is 18.2 Å². The molecule has 1 amide bonds. The second kappa shape index (κ2) is 8.26. The van der Waals surface area contributed by atoms with Gasteiger partial charge in [-0.05, 0) is 50.5 Å². The maximum absolute atomic E-state index is 12.7. The van der Waals surface area contributed by atoms with Crippen molar-refractivity contribution in [3.8, 4) is 5.69 Å². The monoisotopic (exact) mass is 389 g/mol. The summed E-state index contributed by atoms with van der Waals surface area (Å²) in [6.45, 7) is 3.79. The van der Waals surface area contributed by atoms with Crippen molar-refractivity contribution in [2.45, 2.75) is 26.2 Å². The number of piperidine rings is 1. The first kappa shape index (κ1) is 18.9. The van der Waals surface area contributed by atoms with Crippen LogP contribution in [0.25, 0.3) is 5.69 Å². The summed E-state index contributed by atoms with van der Waals surface area (Å²) in [6, 6.07) is 14.5. The third kappa shape index (κ3) is 4.18. The van der Waals surface area contributed by atoms with Gasteiger partial charge < -0.3 is 10.2 Å². The Hall–Kier alpha value is -3.48. The van der Waals surface area contributed by atoms with E-state index < -0.39 is 11.3 Å². The fraction of sp³-hybridized carbons (Fsp3) is 0.273. The first-order valence-corrected chi connectivity index (χ1v) is 9.80. The van der Waals surface area contributed by atoms with Gasteiger partial charge in [-0.25, -0.2) is 9.67 Å². The summed E-state index contributed by atoms with van der Waals surface area (Å²) in [4.78, 5) is 31.8. The van der Waals surface area contributed by atoms with Gasteiger partial charge in [0.1, 0.15) is 5.82 Å². The zero-order valence-corrected chi connectivity index (χ0v) is 16.3. The molecule has 0 unspecified atom stereocenters. The molecule has 1 N–H and O–H groups in total. The molecule has 0 aliphatic carbocycles. The van der Waals surface area contributed by atoms with E-state index in [0.717, 1.165) is 24.6 Å². The van der Waals surface area contributed by atoms with E-state index in [2.05, 4.69) is 20.3 Å². The van der Waals surface area contributed by atoms with Crippen LogP contribution in [0, 0.1) is 6.92 Å². The van der Waals surface area contributed by atoms with E-state index in [1.165, 1.54) is 25.3 Å². The molecule has 0 atom stereocenters. The summed E-state index contributed by atoms with van der Waals surface area (Å²) in [5, 5.41) is 7.02. The van der Waals surface area contributed by atoms with Crippen LogP contribution in [-0.2, 0) is 0 Å². The van der Waals surface area contributed by atoms with E-state index in [-0.39, 0.29) is 5.69 Å². The quantitative estimate of drug-likeness (QED) is 0.741. The Morgan fingerprint density at radius 1 is 1.03 bits per heavy atom. The number of nitrogens with one attached hydrogen (secondary N) is 1. The van der Waals surface area contributed by atoms with Crippen LogP contribution >= 0.6 is 0 Å². The van der Waals surface area contributed by atoms with E-state index >= 15 is 0 Å². The first-order valence-electron chi connectivity index (χ1n) is 9.80. The van der Waals surface area contributed by atoms with Gasteiger partial charge in [0, 0.05) is 24.8 Å². The number of carbonyl (C=O) groups excluding carboxylic acids is 1. The third-order valence-corrected chi connectivity index (χ3v) is 5.01. The zero-order chi connectivity index (χ0) is 20.2. The van der Waals surface area contributed by atoms with Gasteiger partial charge in [0.25, 0.3) is 5.91 Å². The van der Waals surface area contributed by atoms with Crippen LogP contribution < -0.4 is 15.6 Å². The summed E-state index contributed by atoms with van der Waals surface area (Å²) < 4.78 is 1.59. The molecule has 0 spiro atoms. The first-order chi connectivity index (χ1) is 14.1. The van der Waals surface area contributed by atoms with Crippen molar-refractivity contribution in [1.82, 2.24) is 14.8 Å². The van der Waals surface area contributed by atoms with E-state index in [1.54, 1.807) is 23.9 Å². The maximum atomic E-state index is 12.7. The molecule has 148 valence electrons. The molecule has 7 heteroatoms. The molecule has 4 rings (SSSR count). The molecule has 0 bridgehead atoms. The number of amides is 1. The van der Waals surface area contributed by atoms with Gasteiger partial charge in [0.2, 0.25) is 5.43 Å². The van der Waals surface area contributed by atoms with E-state index in [4.69, 9.17) is 0 Å². The highest BCUT2D eigenvalue weighted by Gasteiger charge is 2.16. The molecular formula is C22H23N5O2. The maximum Gasteiger partial charge on any atom is 0.280 e. The van der Waals surface area contributed by atoms with Crippen molar-refractivity contribution >= 4 is 17.4 Å². The molecule has 2 aromatic heterocycles. The number of hydrogen-bond donors (Lipinski definition) is 1. The van der Waals surface area contributed by atoms with Crippen LogP contribution in [0.5, 0.6) is 0 Å². The topological polar surface area (TPSA) is 80.1 Å². The minimum atomic E-state index is -0.549. The summed E-state index contributed by atoms with van der Waals surface area (Å²) in [6.07, 6.45) is 5.22. The number of pyridine rings is 1. The van der Waals surface area contributed by atoms with Gasteiger partial charge in [0.05, 0.1) is 17.6 Å². The fourth-order valence-electron chi connectivity index (χ4n) is 3.50. The Kier molecular flexibility index (Phi) is 5.37. The lowest BCUT2D eigenvalue weighted by atomic mass is 10.1. The van der Waals surface area contributed by atoms with Crippen molar-refractivity contribution in [3.63, 3.8) is 0 Å². The standard InChI is InChI=1S/C22H23N5O2/c1-16-14-19(28)21(25-27(16)18-8-4-2-5-9-18)22(29)24-17-10-11-20(23-15-17)26-12-6-3-7-13-26/h2,4-5,8-11,14-15H,3,6-7,12-13H2,1H3,(H,24,29). The zero-order valence-electron chi connectivity index (χ0n) is 16.3. The molecule has 1 aliphatic rings. The lowest BCUT2D eigenvalue weighted by Gasteiger charge is -2.27. The van der Waals surface area contributed by atoms with Crippen molar-refractivity contribution < 1.29 is 4.79 Å². The van der Waals surface area contributed by atoms with Crippen molar-refractivity contribution in [2.24, 2.45) is 0 Å². The van der Waals surface area contributed by atoms with Gasteiger partial charge in [-0.3, -0.25) is 9.59 Å². The highest BCUT2D eigenvalue weighted by atomic mass is 16.2. The predicted molar refractivity (Wildman–Crippen MR) is 113 cm³/mol. The molecule has 29 heavy (non-hydrogen) atoms. The molecule has 3 aromatic rings. The SMILES string of the molecule is Cc1cc(=O)c(C(=O)Nc2ccc(N3CCCCC3)nc2)nn1-c1ccccc1. The third-order valence-electron chi connectivity index (χ3n) is 5.01. The molecule has 0 radical (unpaired) electrons. The van der Waals surface area contributed by atoms with E-state index in [0.29, 0.717) is 11.4 Å². The Labute approximate surface area is 169 Å². The Bertz CT molecular complexity index is 1050. The average molecular weight is 389 g/mol. The van der Waals surface area contributed by atoms with Crippen LogP contribution in [0.2, 0.25) is 0 Å². The van der Waals surface area contributed by atoms with E-state index in [9.17, 15) is 9.59 Å². The molecular weight excluding hydrogens is 366 g/mol. The lowest BCUT2D eigenvalue weighted by molar-refractivity contribution is 0.101. The smallest absolute Gasteiger partial charge is 0.280 e. The Morgan fingerprint density at radius 3 is 2.48 bits per heavy atom. The molecule has 7 nitrogen and oxygen atoms in total. The van der Waals surface area contributed by atoms with Crippen LogP contribution in [0.1, 0.15) is 35.4 Å². The minimum Gasteiger partial charge on any atom is -0.357 e. The van der Waals surface area contributed by atoms with Crippen LogP contribution in [-0.4, -0.2) is 33.8 Å². The highest BCUT2D eigenvalue weighted by molar-refractivity contribution is 6.02. The molecule has 3 heterocycles. The number of rotatable bonds is 4. The predicted octanol–water partition coefficient (Wildman–Crippen LogP) is 3.18. The van der Waals surface area contributed by atoms with Crippen LogP contribution in [0.3, 0.4) is 0 Å². The molecule has 1 aromatic carbocycles. The largest absolute Gasteiger partial charge is 0.357 e. The van der Waals surface area contributed by atoms with Crippen molar-refractivity contribution in [3.05, 3.63) is 76.3 Å². The van der Waals surface area contributed by atoms with Gasteiger partial charge >= 0.3 is 0 Å². The van der Waals surface area contributed by atoms with Crippen LogP contribution in [0.15, 0.2) is 59.5 Å². The molecule has 1 aliphatic heterocycles. The normalized spacial score (nSPS) is 13.9. The Morgan fingerprint density at radius 2 is 1.79 bits per heavy atom. The van der Waals surface area contributed by atoms with Crippen molar-refractivity contribution in [2.75, 3.05) is 23.3 Å². The number of hydrogen-bond acceptors (Lipinski definition) is 5. The fourth-order valence-corrected chi connectivity index (χ4v) is 3.50. The summed E-state index contributed by atoms with van der Waals surface area (Å²) >= 11 is 0. The number of aryl methyl sites for hydroxylation is 1. The molecule has 0 saturated carbocycles. The summed E-state index contributed by atoms with van der Waals surface area (Å²) in [5.74, 6) is 0.356. The number of aromatic nitrogens is 3. The number of benzene rings is 1. The average Bonchev–Trinajstić information content (AvgIpc) is 2.75. The number of anilines is 2. The second-order valence-electron chi connectivity index (χ2n) is 7.15. The van der Waals surface area contributed by atoms with E-state index in [1.807, 2.05) is 36.4 Å².